The number of ketones is 1. The van der Waals surface area contributed by atoms with Gasteiger partial charge in [-0.25, -0.2) is 0 Å². The highest BCUT2D eigenvalue weighted by Crippen LogP contribution is 2.39. The molecule has 0 saturated heterocycles. The molecule has 1 atom stereocenters. The molecule has 1 aromatic heterocycles. The van der Waals surface area contributed by atoms with Gasteiger partial charge in [-0.2, -0.15) is 0 Å². The Kier molecular flexibility index (Phi) is 5.61. The average molecular weight is 385 g/mol. The topological polar surface area (TPSA) is 70.5 Å². The van der Waals surface area contributed by atoms with Crippen molar-refractivity contribution in [3.8, 4) is 0 Å². The highest BCUT2D eigenvalue weighted by Gasteiger charge is 2.43. The van der Waals surface area contributed by atoms with Gasteiger partial charge < -0.3 is 10.0 Å². The largest absolute Gasteiger partial charge is 0.503 e. The van der Waals surface area contributed by atoms with E-state index in [0.717, 1.165) is 11.1 Å². The van der Waals surface area contributed by atoms with Gasteiger partial charge in [-0.3, -0.25) is 14.6 Å². The normalized spacial score (nSPS) is 17.1. The van der Waals surface area contributed by atoms with Crippen LogP contribution >= 0.6 is 11.6 Å². The maximum Gasteiger partial charge on any atom is 0.290 e. The minimum atomic E-state index is -0.652. The SMILES string of the molecule is CC(C)CC(=O)C1=C(O)C(=O)N(Cc2cccnc2)C1c1ccc(Cl)cc1. The summed E-state index contributed by atoms with van der Waals surface area (Å²) >= 11 is 5.99. The van der Waals surface area contributed by atoms with Crippen LogP contribution in [0.2, 0.25) is 5.02 Å². The Labute approximate surface area is 163 Å². The van der Waals surface area contributed by atoms with Gasteiger partial charge in [-0.05, 0) is 35.2 Å². The molecule has 0 saturated carbocycles. The van der Waals surface area contributed by atoms with Crippen LogP contribution in [0.3, 0.4) is 0 Å². The van der Waals surface area contributed by atoms with E-state index in [0.29, 0.717) is 5.02 Å². The number of nitrogens with zero attached hydrogens (tertiary/aromatic N) is 2. The van der Waals surface area contributed by atoms with Crippen LogP contribution in [0.25, 0.3) is 0 Å². The van der Waals surface area contributed by atoms with Crippen LogP contribution in [0.5, 0.6) is 0 Å². The molecule has 1 unspecified atom stereocenters. The number of halogens is 1. The second kappa shape index (κ2) is 7.92. The fraction of sp³-hybridized carbons (Fsp3) is 0.286. The number of aromatic nitrogens is 1. The van der Waals surface area contributed by atoms with Crippen molar-refractivity contribution >= 4 is 23.3 Å². The summed E-state index contributed by atoms with van der Waals surface area (Å²) in [6.45, 7) is 4.09. The van der Waals surface area contributed by atoms with Gasteiger partial charge in [-0.15, -0.1) is 0 Å². The lowest BCUT2D eigenvalue weighted by atomic mass is 9.92. The van der Waals surface area contributed by atoms with E-state index < -0.39 is 17.7 Å². The number of carbonyl (C=O) groups is 2. The number of hydrogen-bond acceptors (Lipinski definition) is 4. The van der Waals surface area contributed by atoms with E-state index in [1.54, 1.807) is 42.7 Å². The fourth-order valence-electron chi connectivity index (χ4n) is 3.26. The third kappa shape index (κ3) is 4.03. The first kappa shape index (κ1) is 19.1. The third-order valence-electron chi connectivity index (χ3n) is 4.46. The first-order chi connectivity index (χ1) is 12.9. The first-order valence-electron chi connectivity index (χ1n) is 8.80. The van der Waals surface area contributed by atoms with Gasteiger partial charge in [0, 0.05) is 30.4 Å². The zero-order valence-corrected chi connectivity index (χ0v) is 16.0. The average Bonchev–Trinajstić information content (AvgIpc) is 2.88. The van der Waals surface area contributed by atoms with Gasteiger partial charge in [0.05, 0.1) is 11.6 Å². The molecule has 0 radical (unpaired) electrons. The van der Waals surface area contributed by atoms with Gasteiger partial charge in [0.25, 0.3) is 5.91 Å². The van der Waals surface area contributed by atoms with Crippen LogP contribution in [0.1, 0.15) is 37.4 Å². The molecular formula is C21H21ClN2O3. The maximum atomic E-state index is 12.8. The summed E-state index contributed by atoms with van der Waals surface area (Å²) in [5.74, 6) is -1.12. The molecule has 0 fully saturated rings. The van der Waals surface area contributed by atoms with Crippen LogP contribution in [0.15, 0.2) is 60.1 Å². The summed E-state index contributed by atoms with van der Waals surface area (Å²) in [5.41, 5.74) is 1.70. The Hall–Kier alpha value is -2.66. The molecule has 1 aliphatic heterocycles. The smallest absolute Gasteiger partial charge is 0.290 e. The molecular weight excluding hydrogens is 364 g/mol. The van der Waals surface area contributed by atoms with E-state index >= 15 is 0 Å². The Morgan fingerprint density at radius 1 is 1.26 bits per heavy atom. The zero-order chi connectivity index (χ0) is 19.6. The van der Waals surface area contributed by atoms with Crippen molar-refractivity contribution < 1.29 is 14.7 Å². The molecule has 140 valence electrons. The zero-order valence-electron chi connectivity index (χ0n) is 15.2. The number of rotatable bonds is 6. The molecule has 0 aliphatic carbocycles. The second-order valence-electron chi connectivity index (χ2n) is 7.03. The van der Waals surface area contributed by atoms with Crippen LogP contribution in [-0.4, -0.2) is 26.7 Å². The van der Waals surface area contributed by atoms with Crippen LogP contribution in [0.4, 0.5) is 0 Å². The van der Waals surface area contributed by atoms with Crippen molar-refractivity contribution in [3.05, 3.63) is 76.3 Å². The van der Waals surface area contributed by atoms with E-state index in [1.807, 2.05) is 19.9 Å². The van der Waals surface area contributed by atoms with Crippen molar-refractivity contribution in [1.29, 1.82) is 0 Å². The van der Waals surface area contributed by atoms with Crippen molar-refractivity contribution in [2.45, 2.75) is 32.9 Å². The summed E-state index contributed by atoms with van der Waals surface area (Å²) in [6, 6.07) is 9.96. The molecule has 1 aromatic carbocycles. The standard InChI is InChI=1S/C21H21ClN2O3/c1-13(2)10-17(25)18-19(15-5-7-16(22)8-6-15)24(21(27)20(18)26)12-14-4-3-9-23-11-14/h3-9,11,13,19,26H,10,12H2,1-2H3. The van der Waals surface area contributed by atoms with Crippen molar-refractivity contribution in [3.63, 3.8) is 0 Å². The highest BCUT2D eigenvalue weighted by molar-refractivity contribution is 6.30. The van der Waals surface area contributed by atoms with Gasteiger partial charge >= 0.3 is 0 Å². The van der Waals surface area contributed by atoms with Gasteiger partial charge in [0.15, 0.2) is 11.5 Å². The van der Waals surface area contributed by atoms with Crippen molar-refractivity contribution in [2.75, 3.05) is 0 Å². The molecule has 0 bridgehead atoms. The number of hydrogen-bond donors (Lipinski definition) is 1. The van der Waals surface area contributed by atoms with Crippen LogP contribution in [-0.2, 0) is 16.1 Å². The molecule has 1 amide bonds. The minimum Gasteiger partial charge on any atom is -0.503 e. The summed E-state index contributed by atoms with van der Waals surface area (Å²) in [5, 5.41) is 11.1. The predicted molar refractivity (Wildman–Crippen MR) is 103 cm³/mol. The van der Waals surface area contributed by atoms with Gasteiger partial charge in [0.1, 0.15) is 0 Å². The third-order valence-corrected chi connectivity index (χ3v) is 4.71. The van der Waals surface area contributed by atoms with E-state index in [2.05, 4.69) is 4.98 Å². The maximum absolute atomic E-state index is 12.8. The van der Waals surface area contributed by atoms with E-state index in [9.17, 15) is 14.7 Å². The van der Waals surface area contributed by atoms with E-state index in [4.69, 9.17) is 11.6 Å². The van der Waals surface area contributed by atoms with Gasteiger partial charge in [-0.1, -0.05) is 43.6 Å². The summed E-state index contributed by atoms with van der Waals surface area (Å²) in [4.78, 5) is 31.2. The number of carbonyl (C=O) groups excluding carboxylic acids is 2. The minimum absolute atomic E-state index is 0.117. The number of pyridine rings is 1. The van der Waals surface area contributed by atoms with E-state index in [1.165, 1.54) is 4.90 Å². The lowest BCUT2D eigenvalue weighted by molar-refractivity contribution is -0.130. The van der Waals surface area contributed by atoms with Crippen LogP contribution < -0.4 is 0 Å². The van der Waals surface area contributed by atoms with Gasteiger partial charge in [0.2, 0.25) is 0 Å². The Bertz CT molecular complexity index is 876. The number of Topliss-reactive ketones (excluding diaryl/α,β-unsaturated/α-hetero) is 1. The number of aliphatic hydroxyl groups excluding tert-OH is 1. The van der Waals surface area contributed by atoms with Crippen molar-refractivity contribution in [1.82, 2.24) is 9.88 Å². The molecule has 2 aromatic rings. The van der Waals surface area contributed by atoms with Crippen molar-refractivity contribution in [2.24, 2.45) is 5.92 Å². The Morgan fingerprint density at radius 2 is 1.96 bits per heavy atom. The highest BCUT2D eigenvalue weighted by atomic mass is 35.5. The number of benzene rings is 1. The fourth-order valence-corrected chi connectivity index (χ4v) is 3.39. The summed E-state index contributed by atoms with van der Waals surface area (Å²) in [7, 11) is 0. The molecule has 2 heterocycles. The lowest BCUT2D eigenvalue weighted by Gasteiger charge is -2.27. The number of amides is 1. The second-order valence-corrected chi connectivity index (χ2v) is 7.47. The lowest BCUT2D eigenvalue weighted by Crippen LogP contribution is -2.30. The Balaban J connectivity index is 2.03. The molecule has 0 spiro atoms. The molecule has 5 nitrogen and oxygen atoms in total. The summed E-state index contributed by atoms with van der Waals surface area (Å²) in [6.07, 6.45) is 3.58. The molecule has 3 rings (SSSR count). The first-order valence-corrected chi connectivity index (χ1v) is 9.18. The quantitative estimate of drug-likeness (QED) is 0.808. The number of aliphatic hydroxyl groups is 1. The monoisotopic (exact) mass is 384 g/mol. The Morgan fingerprint density at radius 3 is 2.56 bits per heavy atom. The van der Waals surface area contributed by atoms with E-state index in [-0.39, 0.29) is 30.2 Å². The molecule has 1 N–H and O–H groups in total. The summed E-state index contributed by atoms with van der Waals surface area (Å²) < 4.78 is 0. The molecule has 1 aliphatic rings. The predicted octanol–water partition coefficient (Wildman–Crippen LogP) is 4.25. The molecule has 27 heavy (non-hydrogen) atoms. The molecule has 6 heteroatoms. The van der Waals surface area contributed by atoms with Crippen LogP contribution in [0, 0.1) is 5.92 Å².